The summed E-state index contributed by atoms with van der Waals surface area (Å²) in [6.07, 6.45) is 6.04. The smallest absolute Gasteiger partial charge is 0.418 e. The summed E-state index contributed by atoms with van der Waals surface area (Å²) in [4.78, 5) is 39.3. The first-order chi connectivity index (χ1) is 18.8. The lowest BCUT2D eigenvalue weighted by molar-refractivity contribution is 0.0537. The van der Waals surface area contributed by atoms with Crippen molar-refractivity contribution >= 4 is 39.5 Å². The van der Waals surface area contributed by atoms with E-state index in [1.165, 1.54) is 15.4 Å². The molecule has 0 amide bonds. The number of rotatable bonds is 6. The van der Waals surface area contributed by atoms with E-state index in [9.17, 15) is 14.7 Å². The van der Waals surface area contributed by atoms with E-state index < -0.39 is 17.3 Å². The highest BCUT2D eigenvalue weighted by Gasteiger charge is 2.22. The second-order valence-corrected chi connectivity index (χ2v) is 11.0. The Kier molecular flexibility index (Phi) is 6.54. The number of carbonyl (C=O) groups excluding carboxylic acids is 1. The number of hydrogen-bond donors (Lipinski definition) is 2. The predicted molar refractivity (Wildman–Crippen MR) is 153 cm³/mol. The van der Waals surface area contributed by atoms with E-state index in [-0.39, 0.29) is 18.1 Å². The predicted octanol–water partition coefficient (Wildman–Crippen LogP) is 4.87. The number of pyridine rings is 1. The number of nitrogens with zero attached hydrogens (tertiary/aromatic N) is 6. The van der Waals surface area contributed by atoms with Gasteiger partial charge in [-0.2, -0.15) is 4.98 Å². The Bertz CT molecular complexity index is 1820. The highest BCUT2D eigenvalue weighted by molar-refractivity contribution is 5.90. The Morgan fingerprint density at radius 1 is 1.10 bits per heavy atom. The van der Waals surface area contributed by atoms with Crippen LogP contribution in [0.2, 0.25) is 0 Å². The third-order valence-electron chi connectivity index (χ3n) is 6.06. The monoisotopic (exact) mass is 541 g/mol. The van der Waals surface area contributed by atoms with Crippen molar-refractivity contribution in [2.75, 3.05) is 5.32 Å². The second kappa shape index (κ2) is 9.76. The van der Waals surface area contributed by atoms with Crippen LogP contribution in [0.3, 0.4) is 0 Å². The molecule has 40 heavy (non-hydrogen) atoms. The van der Waals surface area contributed by atoms with Crippen LogP contribution < -0.4 is 10.9 Å². The molecule has 0 aliphatic carbocycles. The van der Waals surface area contributed by atoms with Crippen LogP contribution in [-0.2, 0) is 16.9 Å². The standard InChI is InChI=1S/C29H31N7O4/c1-7-13-35-25(37)21-15-30-26(33-24(21)36(35)23-10-8-9-22(32-23)29(5,6)39)31-20-12-11-18-16-34(17-19(18)14-20)27(38)40-28(2,3)4/h7-12,14-17,39H,1,13H2,2-6H3,(H,30,31,33). The summed E-state index contributed by atoms with van der Waals surface area (Å²) in [5.74, 6) is 0.685. The highest BCUT2D eigenvalue weighted by Crippen LogP contribution is 2.25. The van der Waals surface area contributed by atoms with Crippen LogP contribution in [0.4, 0.5) is 16.4 Å². The van der Waals surface area contributed by atoms with Crippen molar-refractivity contribution in [1.29, 1.82) is 0 Å². The number of carbonyl (C=O) groups is 1. The van der Waals surface area contributed by atoms with E-state index in [0.717, 1.165) is 10.8 Å². The van der Waals surface area contributed by atoms with E-state index >= 15 is 0 Å². The van der Waals surface area contributed by atoms with E-state index in [1.807, 2.05) is 39.0 Å². The second-order valence-electron chi connectivity index (χ2n) is 11.0. The van der Waals surface area contributed by atoms with Gasteiger partial charge in [0.1, 0.15) is 16.6 Å². The quantitative estimate of drug-likeness (QED) is 0.291. The van der Waals surface area contributed by atoms with Crippen molar-refractivity contribution < 1.29 is 14.6 Å². The maximum absolute atomic E-state index is 13.2. The minimum absolute atomic E-state index is 0.220. The van der Waals surface area contributed by atoms with Crippen LogP contribution in [0.25, 0.3) is 27.6 Å². The molecule has 0 aliphatic heterocycles. The van der Waals surface area contributed by atoms with Crippen LogP contribution in [0, 0.1) is 0 Å². The SMILES string of the molecule is C=CCn1c(=O)c2cnc(Nc3ccc4cn(C(=O)OC(C)(C)C)cc4c3)nc2n1-c1cccc(C(C)(C)O)n1. The molecule has 0 radical (unpaired) electrons. The molecule has 1 aromatic carbocycles. The van der Waals surface area contributed by atoms with Crippen molar-refractivity contribution in [2.24, 2.45) is 0 Å². The third kappa shape index (κ3) is 5.23. The summed E-state index contributed by atoms with van der Waals surface area (Å²) >= 11 is 0. The van der Waals surface area contributed by atoms with Gasteiger partial charge in [-0.05, 0) is 58.9 Å². The van der Waals surface area contributed by atoms with Gasteiger partial charge in [0, 0.05) is 35.1 Å². The minimum Gasteiger partial charge on any atom is -0.443 e. The molecule has 4 heterocycles. The highest BCUT2D eigenvalue weighted by atomic mass is 16.6. The number of hydrogen-bond acceptors (Lipinski definition) is 8. The normalized spacial score (nSPS) is 12.2. The summed E-state index contributed by atoms with van der Waals surface area (Å²) in [5, 5.41) is 15.7. The first kappa shape index (κ1) is 26.8. The van der Waals surface area contributed by atoms with Gasteiger partial charge in [-0.1, -0.05) is 18.2 Å². The van der Waals surface area contributed by atoms with E-state index in [0.29, 0.717) is 28.2 Å². The summed E-state index contributed by atoms with van der Waals surface area (Å²) in [6.45, 7) is 12.7. The minimum atomic E-state index is -1.18. The molecule has 5 rings (SSSR count). The molecule has 2 N–H and O–H groups in total. The van der Waals surface area contributed by atoms with Gasteiger partial charge in [-0.3, -0.25) is 9.36 Å². The van der Waals surface area contributed by atoms with Gasteiger partial charge in [0.25, 0.3) is 5.56 Å². The van der Waals surface area contributed by atoms with Crippen LogP contribution in [0.15, 0.2) is 72.4 Å². The Morgan fingerprint density at radius 2 is 1.85 bits per heavy atom. The van der Waals surface area contributed by atoms with E-state index in [4.69, 9.17) is 4.74 Å². The number of anilines is 2. The Labute approximate surface area is 230 Å². The Morgan fingerprint density at radius 3 is 2.55 bits per heavy atom. The average molecular weight is 542 g/mol. The molecule has 4 aromatic heterocycles. The van der Waals surface area contributed by atoms with Gasteiger partial charge in [-0.25, -0.2) is 24.1 Å². The molecule has 0 aliphatic rings. The Hall–Kier alpha value is -4.77. The number of fused-ring (bicyclic) bond motifs is 2. The fourth-order valence-electron chi connectivity index (χ4n) is 4.26. The van der Waals surface area contributed by atoms with Gasteiger partial charge >= 0.3 is 6.09 Å². The maximum atomic E-state index is 13.2. The number of allylic oxidation sites excluding steroid dienone is 1. The molecule has 0 bridgehead atoms. The zero-order chi connectivity index (χ0) is 28.8. The number of aromatic nitrogens is 6. The third-order valence-corrected chi connectivity index (χ3v) is 6.06. The first-order valence-corrected chi connectivity index (χ1v) is 12.8. The molecule has 0 atom stereocenters. The number of ether oxygens (including phenoxy) is 1. The van der Waals surface area contributed by atoms with Gasteiger partial charge in [0.2, 0.25) is 5.95 Å². The number of nitrogens with one attached hydrogen (secondary N) is 1. The van der Waals surface area contributed by atoms with Crippen LogP contribution in [0.5, 0.6) is 0 Å². The molecule has 5 aromatic rings. The van der Waals surface area contributed by atoms with Gasteiger partial charge in [0.05, 0.1) is 12.2 Å². The van der Waals surface area contributed by atoms with Crippen LogP contribution >= 0.6 is 0 Å². The largest absolute Gasteiger partial charge is 0.443 e. The molecule has 11 heteroatoms. The molecule has 206 valence electrons. The van der Waals surface area contributed by atoms with Crippen LogP contribution in [-0.4, -0.2) is 45.7 Å². The molecule has 0 saturated heterocycles. The molecule has 0 spiro atoms. The zero-order valence-corrected chi connectivity index (χ0v) is 23.0. The number of aliphatic hydroxyl groups is 1. The number of benzene rings is 1. The van der Waals surface area contributed by atoms with Crippen molar-refractivity contribution in [3.63, 3.8) is 0 Å². The summed E-state index contributed by atoms with van der Waals surface area (Å²) < 4.78 is 9.94. The lowest BCUT2D eigenvalue weighted by Gasteiger charge is -2.19. The van der Waals surface area contributed by atoms with Gasteiger partial charge in [0.15, 0.2) is 11.5 Å². The van der Waals surface area contributed by atoms with Crippen molar-refractivity contribution in [2.45, 2.75) is 52.4 Å². The molecule has 11 nitrogen and oxygen atoms in total. The van der Waals surface area contributed by atoms with E-state index in [1.54, 1.807) is 55.2 Å². The summed E-state index contributed by atoms with van der Waals surface area (Å²) in [5.41, 5.74) is -0.583. The fraction of sp³-hybridized carbons (Fsp3) is 0.276. The van der Waals surface area contributed by atoms with Gasteiger partial charge < -0.3 is 15.2 Å². The molecule has 0 saturated carbocycles. The van der Waals surface area contributed by atoms with E-state index in [2.05, 4.69) is 26.8 Å². The molecule has 0 fully saturated rings. The summed E-state index contributed by atoms with van der Waals surface area (Å²) in [6, 6.07) is 10.8. The van der Waals surface area contributed by atoms with Crippen LogP contribution in [0.1, 0.15) is 40.3 Å². The first-order valence-electron chi connectivity index (χ1n) is 12.8. The zero-order valence-electron chi connectivity index (χ0n) is 23.0. The molecular formula is C29H31N7O4. The molecular weight excluding hydrogens is 510 g/mol. The fourth-order valence-corrected chi connectivity index (χ4v) is 4.26. The average Bonchev–Trinajstić information content (AvgIpc) is 3.42. The maximum Gasteiger partial charge on any atom is 0.418 e. The topological polar surface area (TPSA) is 129 Å². The van der Waals surface area contributed by atoms with Gasteiger partial charge in [-0.15, -0.1) is 6.58 Å². The van der Waals surface area contributed by atoms with Crippen molar-refractivity contribution in [3.05, 3.63) is 83.7 Å². The Balaban J connectivity index is 1.54. The lowest BCUT2D eigenvalue weighted by atomic mass is 10.1. The summed E-state index contributed by atoms with van der Waals surface area (Å²) in [7, 11) is 0. The molecule has 0 unspecified atom stereocenters. The lowest BCUT2D eigenvalue weighted by Crippen LogP contribution is -2.26. The van der Waals surface area contributed by atoms with Crippen molar-refractivity contribution in [3.8, 4) is 5.82 Å². The van der Waals surface area contributed by atoms with Crippen molar-refractivity contribution in [1.82, 2.24) is 28.9 Å².